The van der Waals surface area contributed by atoms with Crippen molar-refractivity contribution in [2.45, 2.75) is 59.0 Å². The summed E-state index contributed by atoms with van der Waals surface area (Å²) in [5.74, 6) is 1.74. The number of guanidine groups is 1. The predicted molar refractivity (Wildman–Crippen MR) is 112 cm³/mol. The predicted octanol–water partition coefficient (Wildman–Crippen LogP) is 4.04. The average molecular weight is 449 g/mol. The lowest BCUT2D eigenvalue weighted by molar-refractivity contribution is 0.411. The first-order valence-corrected chi connectivity index (χ1v) is 8.51. The van der Waals surface area contributed by atoms with Crippen molar-refractivity contribution < 1.29 is 9.84 Å². The molecule has 1 atom stereocenters. The molecule has 0 bridgehead atoms. The first kappa shape index (κ1) is 22.8. The van der Waals surface area contributed by atoms with E-state index in [-0.39, 0.29) is 29.7 Å². The molecular weight excluding hydrogens is 417 g/mol. The van der Waals surface area contributed by atoms with Crippen molar-refractivity contribution in [1.29, 1.82) is 0 Å². The fraction of sp³-hybridized carbons (Fsp3) is 0.611. The highest BCUT2D eigenvalue weighted by Crippen LogP contribution is 2.23. The number of nitrogens with zero attached hydrogens (tertiary/aromatic N) is 1. The number of rotatable bonds is 9. The second kappa shape index (κ2) is 13.1. The molecular formula is C18H32IN3O2. The van der Waals surface area contributed by atoms with Gasteiger partial charge in [-0.15, -0.1) is 24.0 Å². The summed E-state index contributed by atoms with van der Waals surface area (Å²) in [5.41, 5.74) is 0.750. The minimum atomic E-state index is 0. The number of aliphatic imine (C=N–C) groups is 1. The van der Waals surface area contributed by atoms with Gasteiger partial charge in [0.15, 0.2) is 5.96 Å². The van der Waals surface area contributed by atoms with Gasteiger partial charge in [-0.3, -0.25) is 0 Å². The van der Waals surface area contributed by atoms with Crippen LogP contribution in [-0.4, -0.2) is 30.8 Å². The number of aromatic hydroxyl groups is 1. The van der Waals surface area contributed by atoms with E-state index in [0.29, 0.717) is 12.6 Å². The van der Waals surface area contributed by atoms with Crippen molar-refractivity contribution in [1.82, 2.24) is 10.6 Å². The van der Waals surface area contributed by atoms with Crippen molar-refractivity contribution >= 4 is 29.9 Å². The van der Waals surface area contributed by atoms with Crippen molar-refractivity contribution in [2.75, 3.05) is 13.7 Å². The van der Waals surface area contributed by atoms with Crippen LogP contribution >= 0.6 is 24.0 Å². The van der Waals surface area contributed by atoms with E-state index in [9.17, 15) is 5.11 Å². The zero-order valence-electron chi connectivity index (χ0n) is 15.3. The number of halogens is 1. The first-order chi connectivity index (χ1) is 11.1. The van der Waals surface area contributed by atoms with Crippen LogP contribution in [0.4, 0.5) is 0 Å². The lowest BCUT2D eigenvalue weighted by Crippen LogP contribution is -2.42. The summed E-state index contributed by atoms with van der Waals surface area (Å²) in [6, 6.07) is 5.56. The molecule has 0 fully saturated rings. The third-order valence-electron chi connectivity index (χ3n) is 3.66. The molecule has 0 heterocycles. The Morgan fingerprint density at radius 2 is 2.04 bits per heavy atom. The van der Waals surface area contributed by atoms with Crippen molar-refractivity contribution in [2.24, 2.45) is 4.99 Å². The number of ether oxygens (including phenoxy) is 1. The molecule has 1 unspecified atom stereocenters. The summed E-state index contributed by atoms with van der Waals surface area (Å²) in [6.07, 6.45) is 4.84. The van der Waals surface area contributed by atoms with E-state index in [1.807, 2.05) is 13.0 Å². The van der Waals surface area contributed by atoms with Gasteiger partial charge < -0.3 is 20.5 Å². The van der Waals surface area contributed by atoms with Gasteiger partial charge >= 0.3 is 0 Å². The third kappa shape index (κ3) is 8.61. The van der Waals surface area contributed by atoms with Gasteiger partial charge in [-0.25, -0.2) is 4.99 Å². The Morgan fingerprint density at radius 1 is 1.29 bits per heavy atom. The van der Waals surface area contributed by atoms with Crippen LogP contribution in [0, 0.1) is 0 Å². The van der Waals surface area contributed by atoms with E-state index in [2.05, 4.69) is 29.5 Å². The van der Waals surface area contributed by atoms with Crippen molar-refractivity contribution in [3.8, 4) is 11.5 Å². The molecule has 0 saturated heterocycles. The maximum Gasteiger partial charge on any atom is 0.191 e. The van der Waals surface area contributed by atoms with E-state index in [1.54, 1.807) is 19.2 Å². The molecule has 24 heavy (non-hydrogen) atoms. The molecule has 0 saturated carbocycles. The minimum absolute atomic E-state index is 0. The van der Waals surface area contributed by atoms with Gasteiger partial charge in [-0.2, -0.15) is 0 Å². The number of hydrogen-bond acceptors (Lipinski definition) is 3. The zero-order valence-corrected chi connectivity index (χ0v) is 17.6. The fourth-order valence-corrected chi connectivity index (χ4v) is 2.31. The van der Waals surface area contributed by atoms with E-state index in [4.69, 9.17) is 4.74 Å². The van der Waals surface area contributed by atoms with Gasteiger partial charge in [0.2, 0.25) is 0 Å². The Bertz CT molecular complexity index is 495. The van der Waals surface area contributed by atoms with E-state index < -0.39 is 0 Å². The van der Waals surface area contributed by atoms with Crippen LogP contribution in [-0.2, 0) is 6.54 Å². The quantitative estimate of drug-likeness (QED) is 0.231. The summed E-state index contributed by atoms with van der Waals surface area (Å²) in [5, 5.41) is 16.6. The topological polar surface area (TPSA) is 65.9 Å². The van der Waals surface area contributed by atoms with Gasteiger partial charge in [0.25, 0.3) is 0 Å². The monoisotopic (exact) mass is 449 g/mol. The second-order valence-electron chi connectivity index (χ2n) is 5.73. The number of benzene rings is 1. The molecule has 0 aromatic heterocycles. The number of nitrogens with one attached hydrogen (secondary N) is 2. The fourth-order valence-electron chi connectivity index (χ4n) is 2.31. The smallest absolute Gasteiger partial charge is 0.191 e. The summed E-state index contributed by atoms with van der Waals surface area (Å²) in [4.78, 5) is 4.57. The highest BCUT2D eigenvalue weighted by molar-refractivity contribution is 14.0. The van der Waals surface area contributed by atoms with E-state index in [1.165, 1.54) is 19.3 Å². The summed E-state index contributed by atoms with van der Waals surface area (Å²) >= 11 is 0. The van der Waals surface area contributed by atoms with Gasteiger partial charge in [0.1, 0.15) is 11.5 Å². The minimum Gasteiger partial charge on any atom is -0.508 e. The molecule has 0 radical (unpaired) electrons. The van der Waals surface area contributed by atoms with Gasteiger partial charge in [0.05, 0.1) is 13.7 Å². The molecule has 0 amide bonds. The lowest BCUT2D eigenvalue weighted by Gasteiger charge is -2.18. The normalized spacial score (nSPS) is 12.2. The Balaban J connectivity index is 0.00000529. The van der Waals surface area contributed by atoms with Crippen LogP contribution < -0.4 is 15.4 Å². The maximum absolute atomic E-state index is 9.93. The molecule has 0 spiro atoms. The van der Waals surface area contributed by atoms with Crippen LogP contribution in [0.1, 0.15) is 52.0 Å². The Labute approximate surface area is 163 Å². The lowest BCUT2D eigenvalue weighted by atomic mass is 10.1. The molecule has 0 aliphatic carbocycles. The van der Waals surface area contributed by atoms with Crippen LogP contribution in [0.25, 0.3) is 0 Å². The van der Waals surface area contributed by atoms with Crippen LogP contribution in [0.15, 0.2) is 23.2 Å². The molecule has 0 aliphatic heterocycles. The van der Waals surface area contributed by atoms with Gasteiger partial charge in [0, 0.05) is 18.2 Å². The van der Waals surface area contributed by atoms with E-state index in [0.717, 1.165) is 30.2 Å². The summed E-state index contributed by atoms with van der Waals surface area (Å²) < 4.78 is 5.19. The molecule has 0 aliphatic rings. The highest BCUT2D eigenvalue weighted by atomic mass is 127. The molecule has 5 nitrogen and oxygen atoms in total. The second-order valence-corrected chi connectivity index (χ2v) is 5.73. The highest BCUT2D eigenvalue weighted by Gasteiger charge is 2.07. The van der Waals surface area contributed by atoms with Crippen LogP contribution in [0.3, 0.4) is 0 Å². The number of phenols is 1. The van der Waals surface area contributed by atoms with Crippen LogP contribution in [0.5, 0.6) is 11.5 Å². The molecule has 1 aromatic carbocycles. The molecule has 6 heteroatoms. The zero-order chi connectivity index (χ0) is 17.1. The molecule has 3 N–H and O–H groups in total. The average Bonchev–Trinajstić information content (AvgIpc) is 2.54. The summed E-state index contributed by atoms with van der Waals surface area (Å²) in [7, 11) is 1.61. The number of unbranched alkanes of at least 4 members (excludes halogenated alkanes) is 2. The molecule has 1 rings (SSSR count). The Morgan fingerprint density at radius 3 is 2.67 bits per heavy atom. The Hall–Kier alpha value is -1.18. The van der Waals surface area contributed by atoms with Gasteiger partial charge in [-0.1, -0.05) is 26.2 Å². The first-order valence-electron chi connectivity index (χ1n) is 8.51. The van der Waals surface area contributed by atoms with Crippen molar-refractivity contribution in [3.63, 3.8) is 0 Å². The maximum atomic E-state index is 9.93. The standard InChI is InChI=1S/C18H31N3O2.HI/c1-5-7-8-9-14(3)21-18(19-6-2)20-13-15-12-16(23-4)10-11-17(15)22;/h10-12,14,22H,5-9,13H2,1-4H3,(H2,19,20,21);1H. The summed E-state index contributed by atoms with van der Waals surface area (Å²) in [6.45, 7) is 7.63. The third-order valence-corrected chi connectivity index (χ3v) is 3.66. The largest absolute Gasteiger partial charge is 0.508 e. The van der Waals surface area contributed by atoms with E-state index >= 15 is 0 Å². The van der Waals surface area contributed by atoms with Crippen molar-refractivity contribution in [3.05, 3.63) is 23.8 Å². The molecule has 1 aromatic rings. The SMILES string of the molecule is CCCCCC(C)NC(=NCc1cc(OC)ccc1O)NCC.I. The number of phenolic OH excluding ortho intramolecular Hbond substituents is 1. The van der Waals surface area contributed by atoms with Crippen LogP contribution in [0.2, 0.25) is 0 Å². The number of methoxy groups -OCH3 is 1. The van der Waals surface area contributed by atoms with Gasteiger partial charge in [-0.05, 0) is 38.5 Å². The number of hydrogen-bond donors (Lipinski definition) is 3. The Kier molecular flexibility index (Phi) is 12.5. The molecule has 138 valence electrons.